The van der Waals surface area contributed by atoms with Gasteiger partial charge in [-0.3, -0.25) is 0 Å². The Morgan fingerprint density at radius 3 is 2.53 bits per heavy atom. The molecule has 1 saturated heterocycles. The van der Waals surface area contributed by atoms with Crippen LogP contribution >= 0.6 is 11.6 Å². The molecule has 1 aromatic carbocycles. The monoisotopic (exact) mass is 267 g/mol. The maximum absolute atomic E-state index is 13.7. The normalized spacial score (nSPS) is 20.9. The Labute approximate surface area is 101 Å². The van der Waals surface area contributed by atoms with E-state index in [1.807, 2.05) is 0 Å². The lowest BCUT2D eigenvalue weighted by molar-refractivity contribution is -0.137. The molecule has 1 heterocycles. The van der Waals surface area contributed by atoms with Crippen LogP contribution in [0.2, 0.25) is 5.02 Å². The molecule has 1 N–H and O–H groups in total. The third kappa shape index (κ3) is 2.55. The highest BCUT2D eigenvalue weighted by atomic mass is 35.5. The van der Waals surface area contributed by atoms with Crippen LogP contribution in [0.3, 0.4) is 0 Å². The van der Waals surface area contributed by atoms with E-state index in [2.05, 4.69) is 5.32 Å². The molecule has 0 spiro atoms. The Hall–Kier alpha value is -0.810. The summed E-state index contributed by atoms with van der Waals surface area (Å²) in [6, 6.07) is 1.08. The molecule has 0 aromatic heterocycles. The highest BCUT2D eigenvalue weighted by Crippen LogP contribution is 2.36. The fourth-order valence-electron chi connectivity index (χ4n) is 1.98. The summed E-state index contributed by atoms with van der Waals surface area (Å²) in [5.41, 5.74) is -0.907. The van der Waals surface area contributed by atoms with Gasteiger partial charge in [0.15, 0.2) is 0 Å². The molecule has 1 fully saturated rings. The smallest absolute Gasteiger partial charge is 0.310 e. The van der Waals surface area contributed by atoms with Crippen molar-refractivity contribution in [1.82, 2.24) is 5.32 Å². The number of rotatable bonds is 1. The minimum atomic E-state index is -4.51. The highest BCUT2D eigenvalue weighted by Gasteiger charge is 2.33. The summed E-state index contributed by atoms with van der Waals surface area (Å²) in [5, 5.41) is 2.47. The molecule has 0 amide bonds. The zero-order valence-corrected chi connectivity index (χ0v) is 9.50. The average molecular weight is 268 g/mol. The average Bonchev–Trinajstić information content (AvgIpc) is 2.73. The van der Waals surface area contributed by atoms with E-state index in [1.54, 1.807) is 0 Å². The zero-order valence-electron chi connectivity index (χ0n) is 8.74. The van der Waals surface area contributed by atoms with E-state index in [4.69, 9.17) is 11.6 Å². The predicted octanol–water partition coefficient (Wildman–Crippen LogP) is 3.92. The van der Waals surface area contributed by atoms with Gasteiger partial charge in [0, 0.05) is 11.6 Å². The molecule has 0 unspecified atom stereocenters. The Kier molecular flexibility index (Phi) is 3.32. The first-order chi connectivity index (χ1) is 7.89. The van der Waals surface area contributed by atoms with Crippen molar-refractivity contribution in [3.8, 4) is 0 Å². The van der Waals surface area contributed by atoms with Crippen LogP contribution in [0.1, 0.15) is 30.0 Å². The maximum Gasteiger partial charge on any atom is 0.416 e. The molecule has 1 atom stereocenters. The summed E-state index contributed by atoms with van der Waals surface area (Å²) >= 11 is 5.50. The molecular weight excluding hydrogens is 258 g/mol. The minimum Gasteiger partial charge on any atom is -0.310 e. The van der Waals surface area contributed by atoms with Crippen molar-refractivity contribution in [2.75, 3.05) is 6.54 Å². The van der Waals surface area contributed by atoms with E-state index in [0.29, 0.717) is 19.0 Å². The van der Waals surface area contributed by atoms with Gasteiger partial charge in [0.1, 0.15) is 5.82 Å². The summed E-state index contributed by atoms with van der Waals surface area (Å²) in [7, 11) is 0. The van der Waals surface area contributed by atoms with Crippen molar-refractivity contribution >= 4 is 11.6 Å². The number of benzene rings is 1. The lowest BCUT2D eigenvalue weighted by Gasteiger charge is -2.16. The lowest BCUT2D eigenvalue weighted by Crippen LogP contribution is -2.16. The molecule has 17 heavy (non-hydrogen) atoms. The van der Waals surface area contributed by atoms with E-state index >= 15 is 0 Å². The molecule has 94 valence electrons. The van der Waals surface area contributed by atoms with Crippen molar-refractivity contribution in [1.29, 1.82) is 0 Å². The van der Waals surface area contributed by atoms with Crippen molar-refractivity contribution in [3.05, 3.63) is 34.1 Å². The van der Waals surface area contributed by atoms with Crippen LogP contribution in [0.5, 0.6) is 0 Å². The highest BCUT2D eigenvalue weighted by molar-refractivity contribution is 6.30. The number of alkyl halides is 3. The largest absolute Gasteiger partial charge is 0.416 e. The Bertz CT molecular complexity index is 424. The van der Waals surface area contributed by atoms with Crippen LogP contribution in [0.4, 0.5) is 17.6 Å². The van der Waals surface area contributed by atoms with E-state index in [1.165, 1.54) is 0 Å². The summed E-state index contributed by atoms with van der Waals surface area (Å²) < 4.78 is 51.4. The second kappa shape index (κ2) is 4.46. The number of halogens is 5. The van der Waals surface area contributed by atoms with Gasteiger partial charge in [-0.2, -0.15) is 13.2 Å². The fraction of sp³-hybridized carbons (Fsp3) is 0.455. The molecule has 0 saturated carbocycles. The number of hydrogen-bond donors (Lipinski definition) is 1. The molecule has 1 aliphatic heterocycles. The summed E-state index contributed by atoms with van der Waals surface area (Å²) in [4.78, 5) is 0. The minimum absolute atomic E-state index is 0.00215. The van der Waals surface area contributed by atoms with Gasteiger partial charge in [0.2, 0.25) is 0 Å². The first-order valence-electron chi connectivity index (χ1n) is 5.19. The predicted molar refractivity (Wildman–Crippen MR) is 56.4 cm³/mol. The van der Waals surface area contributed by atoms with Crippen LogP contribution in [0.25, 0.3) is 0 Å². The van der Waals surface area contributed by atoms with Gasteiger partial charge in [0.05, 0.1) is 10.6 Å². The van der Waals surface area contributed by atoms with Gasteiger partial charge >= 0.3 is 6.18 Å². The van der Waals surface area contributed by atoms with Crippen molar-refractivity contribution < 1.29 is 17.6 Å². The van der Waals surface area contributed by atoms with E-state index in [-0.39, 0.29) is 11.6 Å². The number of nitrogens with one attached hydrogen (secondary N) is 1. The molecule has 1 nitrogen and oxygen atoms in total. The summed E-state index contributed by atoms with van der Waals surface area (Å²) in [6.07, 6.45) is -3.07. The first kappa shape index (κ1) is 12.6. The van der Waals surface area contributed by atoms with Crippen molar-refractivity contribution in [2.24, 2.45) is 0 Å². The van der Waals surface area contributed by atoms with Gasteiger partial charge in [0.25, 0.3) is 0 Å². The number of hydrogen-bond acceptors (Lipinski definition) is 1. The molecule has 1 aliphatic rings. The first-order valence-corrected chi connectivity index (χ1v) is 5.57. The Morgan fingerprint density at radius 2 is 2.00 bits per heavy atom. The van der Waals surface area contributed by atoms with Gasteiger partial charge in [-0.05, 0) is 31.5 Å². The summed E-state index contributed by atoms with van der Waals surface area (Å²) in [5.74, 6) is -0.765. The van der Waals surface area contributed by atoms with Crippen molar-refractivity contribution in [3.63, 3.8) is 0 Å². The van der Waals surface area contributed by atoms with E-state index < -0.39 is 22.6 Å². The van der Waals surface area contributed by atoms with Crippen LogP contribution in [-0.4, -0.2) is 6.54 Å². The Morgan fingerprint density at radius 1 is 1.29 bits per heavy atom. The van der Waals surface area contributed by atoms with Crippen molar-refractivity contribution in [2.45, 2.75) is 25.1 Å². The topological polar surface area (TPSA) is 12.0 Å². The summed E-state index contributed by atoms with van der Waals surface area (Å²) in [6.45, 7) is 0.679. The second-order valence-electron chi connectivity index (χ2n) is 4.01. The molecule has 0 radical (unpaired) electrons. The van der Waals surface area contributed by atoms with Crippen LogP contribution in [-0.2, 0) is 6.18 Å². The van der Waals surface area contributed by atoms with Gasteiger partial charge in [-0.1, -0.05) is 11.6 Å². The molecule has 0 aliphatic carbocycles. The maximum atomic E-state index is 13.7. The SMILES string of the molecule is Fc1c(Cl)cc(C(F)(F)F)cc1[C@H]1CCCN1. The quantitative estimate of drug-likeness (QED) is 0.761. The molecular formula is C11H10ClF4N. The standard InChI is InChI=1S/C11H10ClF4N/c12-8-5-6(11(14,15)16)4-7(10(8)13)9-2-1-3-17-9/h4-5,9,17H,1-3H2/t9-/m1/s1. The molecule has 0 bridgehead atoms. The van der Waals surface area contributed by atoms with Gasteiger partial charge < -0.3 is 5.32 Å². The van der Waals surface area contributed by atoms with Gasteiger partial charge in [-0.25, -0.2) is 4.39 Å². The zero-order chi connectivity index (χ0) is 12.6. The Balaban J connectivity index is 2.46. The lowest BCUT2D eigenvalue weighted by atomic mass is 10.0. The molecule has 6 heteroatoms. The van der Waals surface area contributed by atoms with E-state index in [0.717, 1.165) is 12.5 Å². The van der Waals surface area contributed by atoms with E-state index in [9.17, 15) is 17.6 Å². The van der Waals surface area contributed by atoms with Crippen LogP contribution in [0, 0.1) is 5.82 Å². The molecule has 1 aromatic rings. The third-order valence-corrected chi connectivity index (χ3v) is 3.09. The second-order valence-corrected chi connectivity index (χ2v) is 4.42. The van der Waals surface area contributed by atoms with Gasteiger partial charge in [-0.15, -0.1) is 0 Å². The fourth-order valence-corrected chi connectivity index (χ4v) is 2.20. The van der Waals surface area contributed by atoms with Crippen LogP contribution in [0.15, 0.2) is 12.1 Å². The molecule has 2 rings (SSSR count). The van der Waals surface area contributed by atoms with Crippen LogP contribution < -0.4 is 5.32 Å². The third-order valence-electron chi connectivity index (χ3n) is 2.82.